The van der Waals surface area contributed by atoms with Crippen molar-refractivity contribution in [2.75, 3.05) is 17.7 Å². The van der Waals surface area contributed by atoms with Gasteiger partial charge in [-0.05, 0) is 12.5 Å². The number of rotatable bonds is 4. The molecule has 154 valence electrons. The van der Waals surface area contributed by atoms with Gasteiger partial charge in [-0.15, -0.1) is 11.3 Å². The van der Waals surface area contributed by atoms with Crippen LogP contribution in [0.2, 0.25) is 5.15 Å². The Kier molecular flexibility index (Phi) is 5.25. The van der Waals surface area contributed by atoms with Gasteiger partial charge in [0.2, 0.25) is 5.95 Å². The van der Waals surface area contributed by atoms with Crippen LogP contribution in [0.1, 0.15) is 6.42 Å². The number of fused-ring (bicyclic) bond motifs is 1. The van der Waals surface area contributed by atoms with E-state index in [-0.39, 0.29) is 50.7 Å². The van der Waals surface area contributed by atoms with Crippen molar-refractivity contribution in [3.8, 4) is 10.6 Å². The van der Waals surface area contributed by atoms with E-state index >= 15 is 0 Å². The monoisotopic (exact) mass is 443 g/mol. The van der Waals surface area contributed by atoms with E-state index in [0.29, 0.717) is 0 Å². The van der Waals surface area contributed by atoms with E-state index in [1.165, 1.54) is 0 Å². The van der Waals surface area contributed by atoms with Crippen LogP contribution in [0.5, 0.6) is 0 Å². The number of halogens is 3. The number of nitrogens with zero attached hydrogens (tertiary/aromatic N) is 3. The molecule has 1 aromatic carbocycles. The number of anilines is 2. The third kappa shape index (κ3) is 3.60. The summed E-state index contributed by atoms with van der Waals surface area (Å²) in [7, 11) is 0. The number of aliphatic hydroxyl groups excluding tert-OH is 3. The van der Waals surface area contributed by atoms with Gasteiger partial charge < -0.3 is 26.4 Å². The maximum Gasteiger partial charge on any atom is 0.223 e. The van der Waals surface area contributed by atoms with Crippen molar-refractivity contribution in [1.82, 2.24) is 15.0 Å². The minimum atomic E-state index is -1.17. The molecule has 2 heterocycles. The topological polar surface area (TPSA) is 137 Å². The SMILES string of the molecule is Nc1nc(Cl)c(-c2nc3c(F)cc(F)cc3s2)c(N[C@@H]2C[C@H](CO)[C@@H](O)[C@H]2O)n1. The number of hydrogen-bond acceptors (Lipinski definition) is 9. The summed E-state index contributed by atoms with van der Waals surface area (Å²) in [5.74, 6) is -2.09. The zero-order valence-electron chi connectivity index (χ0n) is 14.7. The Morgan fingerprint density at radius 2 is 1.97 bits per heavy atom. The molecule has 0 aliphatic heterocycles. The van der Waals surface area contributed by atoms with Gasteiger partial charge in [-0.2, -0.15) is 4.98 Å². The molecule has 0 bridgehead atoms. The van der Waals surface area contributed by atoms with Gasteiger partial charge >= 0.3 is 0 Å². The fourth-order valence-corrected chi connectivity index (χ4v) is 4.81. The largest absolute Gasteiger partial charge is 0.396 e. The molecule has 4 rings (SSSR count). The molecular weight excluding hydrogens is 428 g/mol. The number of thiazole rings is 1. The zero-order valence-corrected chi connectivity index (χ0v) is 16.3. The molecule has 4 atom stereocenters. The van der Waals surface area contributed by atoms with E-state index in [2.05, 4.69) is 20.3 Å². The first kappa shape index (κ1) is 20.1. The highest BCUT2D eigenvalue weighted by atomic mass is 35.5. The number of nitrogens with one attached hydrogen (secondary N) is 1. The maximum atomic E-state index is 14.1. The molecule has 2 aromatic heterocycles. The van der Waals surface area contributed by atoms with Crippen LogP contribution in [-0.2, 0) is 0 Å². The first-order valence-electron chi connectivity index (χ1n) is 8.61. The van der Waals surface area contributed by atoms with Crippen molar-refractivity contribution in [2.24, 2.45) is 5.92 Å². The molecule has 0 radical (unpaired) electrons. The van der Waals surface area contributed by atoms with E-state index < -0.39 is 35.8 Å². The predicted molar refractivity (Wildman–Crippen MR) is 105 cm³/mol. The maximum absolute atomic E-state index is 14.1. The smallest absolute Gasteiger partial charge is 0.223 e. The standard InChI is InChI=1S/C17H16ClF2N5O3S/c18-14-10(16-23-11-7(20)2-6(19)3-9(11)29-16)15(25-17(21)24-14)22-8-1-5(4-26)12(27)13(8)28/h2-3,5,8,12-13,26-28H,1,4H2,(H3,21,22,24,25)/t5-,8-,12-,13+/m1/s1. The number of aromatic nitrogens is 3. The van der Waals surface area contributed by atoms with Crippen LogP contribution < -0.4 is 11.1 Å². The summed E-state index contributed by atoms with van der Waals surface area (Å²) in [5, 5.41) is 32.8. The minimum absolute atomic E-state index is 0.0260. The second-order valence-electron chi connectivity index (χ2n) is 6.76. The molecule has 0 unspecified atom stereocenters. The predicted octanol–water partition coefficient (Wildman–Crippen LogP) is 1.78. The first-order valence-corrected chi connectivity index (χ1v) is 9.80. The summed E-state index contributed by atoms with van der Waals surface area (Å²) in [6.07, 6.45) is -2.02. The van der Waals surface area contributed by atoms with Gasteiger partial charge in [0.25, 0.3) is 0 Å². The number of nitrogens with two attached hydrogens (primary N) is 1. The Bertz CT molecular complexity index is 1080. The van der Waals surface area contributed by atoms with Gasteiger partial charge in [0.15, 0.2) is 5.82 Å². The van der Waals surface area contributed by atoms with Crippen molar-refractivity contribution < 1.29 is 24.1 Å². The highest BCUT2D eigenvalue weighted by Crippen LogP contribution is 2.40. The van der Waals surface area contributed by atoms with Crippen LogP contribution in [0, 0.1) is 17.6 Å². The normalized spacial score (nSPS) is 24.3. The van der Waals surface area contributed by atoms with Crippen LogP contribution >= 0.6 is 22.9 Å². The van der Waals surface area contributed by atoms with E-state index in [1.54, 1.807) is 0 Å². The van der Waals surface area contributed by atoms with Crippen molar-refractivity contribution in [3.05, 3.63) is 28.9 Å². The zero-order chi connectivity index (χ0) is 20.9. The lowest BCUT2D eigenvalue weighted by molar-refractivity contribution is 0.00446. The number of nitrogen functional groups attached to an aromatic ring is 1. The molecule has 1 fully saturated rings. The third-order valence-corrected chi connectivity index (χ3v) is 6.16. The fourth-order valence-electron chi connectivity index (χ4n) is 3.43. The highest BCUT2D eigenvalue weighted by Gasteiger charge is 2.41. The van der Waals surface area contributed by atoms with Crippen molar-refractivity contribution in [2.45, 2.75) is 24.7 Å². The minimum Gasteiger partial charge on any atom is -0.396 e. The Morgan fingerprint density at radius 3 is 2.66 bits per heavy atom. The molecule has 0 saturated heterocycles. The van der Waals surface area contributed by atoms with Crippen LogP contribution in [0.3, 0.4) is 0 Å². The van der Waals surface area contributed by atoms with Gasteiger partial charge in [-0.1, -0.05) is 11.6 Å². The quantitative estimate of drug-likeness (QED) is 0.385. The lowest BCUT2D eigenvalue weighted by Gasteiger charge is -2.20. The Balaban J connectivity index is 1.78. The molecule has 1 aliphatic carbocycles. The van der Waals surface area contributed by atoms with E-state index in [1.807, 2.05) is 0 Å². The van der Waals surface area contributed by atoms with Crippen molar-refractivity contribution in [1.29, 1.82) is 0 Å². The van der Waals surface area contributed by atoms with Gasteiger partial charge in [0.1, 0.15) is 33.4 Å². The molecule has 12 heteroatoms. The molecule has 1 saturated carbocycles. The van der Waals surface area contributed by atoms with Crippen LogP contribution in [0.4, 0.5) is 20.5 Å². The highest BCUT2D eigenvalue weighted by molar-refractivity contribution is 7.21. The lowest BCUT2D eigenvalue weighted by Crippen LogP contribution is -2.35. The van der Waals surface area contributed by atoms with Crippen LogP contribution in [0.15, 0.2) is 12.1 Å². The number of benzene rings is 1. The molecular formula is C17H16ClF2N5O3S. The molecule has 6 N–H and O–H groups in total. The molecule has 8 nitrogen and oxygen atoms in total. The number of hydrogen-bond donors (Lipinski definition) is 5. The second kappa shape index (κ2) is 7.58. The summed E-state index contributed by atoms with van der Waals surface area (Å²) in [6, 6.07) is 1.23. The van der Waals surface area contributed by atoms with Gasteiger partial charge in [-0.3, -0.25) is 0 Å². The summed E-state index contributed by atoms with van der Waals surface area (Å²) in [6.45, 7) is -0.293. The fraction of sp³-hybridized carbons (Fsp3) is 0.353. The Hall–Kier alpha value is -2.18. The van der Waals surface area contributed by atoms with E-state index in [9.17, 15) is 24.1 Å². The Labute approximate surface area is 172 Å². The summed E-state index contributed by atoms with van der Waals surface area (Å²) in [4.78, 5) is 12.2. The molecule has 0 amide bonds. The van der Waals surface area contributed by atoms with Crippen molar-refractivity contribution >= 4 is 44.9 Å². The van der Waals surface area contributed by atoms with E-state index in [0.717, 1.165) is 23.5 Å². The Morgan fingerprint density at radius 1 is 1.21 bits per heavy atom. The summed E-state index contributed by atoms with van der Waals surface area (Å²) >= 11 is 7.24. The van der Waals surface area contributed by atoms with E-state index in [4.69, 9.17) is 17.3 Å². The second-order valence-corrected chi connectivity index (χ2v) is 8.15. The van der Waals surface area contributed by atoms with Crippen LogP contribution in [-0.4, -0.2) is 55.1 Å². The third-order valence-electron chi connectivity index (χ3n) is 4.87. The van der Waals surface area contributed by atoms with Crippen molar-refractivity contribution in [3.63, 3.8) is 0 Å². The van der Waals surface area contributed by atoms with Gasteiger partial charge in [0, 0.05) is 18.6 Å². The van der Waals surface area contributed by atoms with Crippen LogP contribution in [0.25, 0.3) is 20.8 Å². The number of aliphatic hydroxyl groups is 3. The lowest BCUT2D eigenvalue weighted by atomic mass is 10.1. The van der Waals surface area contributed by atoms with Gasteiger partial charge in [-0.25, -0.2) is 18.7 Å². The molecule has 1 aliphatic rings. The average molecular weight is 444 g/mol. The summed E-state index contributed by atoms with van der Waals surface area (Å²) in [5.41, 5.74) is 5.87. The molecule has 29 heavy (non-hydrogen) atoms. The summed E-state index contributed by atoms with van der Waals surface area (Å²) < 4.78 is 27.9. The molecule has 0 spiro atoms. The average Bonchev–Trinajstić information content (AvgIpc) is 3.17. The molecule has 3 aromatic rings. The van der Waals surface area contributed by atoms with Gasteiger partial charge in [0.05, 0.1) is 22.4 Å². The first-order chi connectivity index (χ1) is 13.8.